The molecule has 1 fully saturated rings. The maximum Gasteiger partial charge on any atom is 0.192 e. The van der Waals surface area contributed by atoms with Crippen molar-refractivity contribution in [1.82, 2.24) is 0 Å². The lowest BCUT2D eigenvalue weighted by Crippen LogP contribution is -2.27. The van der Waals surface area contributed by atoms with E-state index >= 15 is 0 Å². The molecule has 0 aliphatic carbocycles. The van der Waals surface area contributed by atoms with Crippen molar-refractivity contribution in [3.63, 3.8) is 0 Å². The summed E-state index contributed by atoms with van der Waals surface area (Å²) < 4.78 is 23.9. The Morgan fingerprint density at radius 1 is 1.47 bits per heavy atom. The van der Waals surface area contributed by atoms with Crippen molar-refractivity contribution in [2.24, 2.45) is 5.73 Å². The molecule has 1 saturated heterocycles. The van der Waals surface area contributed by atoms with Gasteiger partial charge in [0.2, 0.25) is 0 Å². The van der Waals surface area contributed by atoms with Crippen LogP contribution in [0.4, 0.5) is 4.39 Å². The quantitative estimate of drug-likeness (QED) is 0.803. The van der Waals surface area contributed by atoms with Gasteiger partial charge in [-0.1, -0.05) is 12.1 Å². The van der Waals surface area contributed by atoms with Crippen LogP contribution in [0.25, 0.3) is 0 Å². The van der Waals surface area contributed by atoms with Crippen molar-refractivity contribution in [2.75, 3.05) is 13.2 Å². The van der Waals surface area contributed by atoms with E-state index in [-0.39, 0.29) is 11.9 Å². The van der Waals surface area contributed by atoms with Crippen molar-refractivity contribution in [2.45, 2.75) is 18.8 Å². The third kappa shape index (κ3) is 2.02. The number of nitrogens with two attached hydrogens (primary N) is 1. The molecule has 15 heavy (non-hydrogen) atoms. The van der Waals surface area contributed by atoms with Gasteiger partial charge in [0.1, 0.15) is 5.82 Å². The summed E-state index contributed by atoms with van der Waals surface area (Å²) in [7, 11) is 0. The van der Waals surface area contributed by atoms with Crippen LogP contribution in [0.1, 0.15) is 12.5 Å². The number of hydrogen-bond acceptors (Lipinski definition) is 3. The van der Waals surface area contributed by atoms with Crippen LogP contribution in [-0.2, 0) is 15.3 Å². The zero-order valence-corrected chi connectivity index (χ0v) is 8.57. The Balaban J connectivity index is 2.20. The SMILES string of the molecule is CC1(c2ccc(F)cc2)OCC(CN)O1. The first kappa shape index (κ1) is 10.5. The van der Waals surface area contributed by atoms with Crippen molar-refractivity contribution in [1.29, 1.82) is 0 Å². The minimum Gasteiger partial charge on any atom is -0.343 e. The molecule has 1 heterocycles. The Morgan fingerprint density at radius 3 is 2.67 bits per heavy atom. The molecule has 2 N–H and O–H groups in total. The first-order chi connectivity index (χ1) is 7.14. The normalized spacial score (nSPS) is 30.7. The standard InChI is InChI=1S/C11H14FNO2/c1-11(14-7-10(6-13)15-11)8-2-4-9(12)5-3-8/h2-5,10H,6-7,13H2,1H3. The Kier molecular flexibility index (Phi) is 2.73. The van der Waals surface area contributed by atoms with Crippen LogP contribution in [0.2, 0.25) is 0 Å². The minimum absolute atomic E-state index is 0.0833. The van der Waals surface area contributed by atoms with Crippen LogP contribution in [0.15, 0.2) is 24.3 Å². The largest absolute Gasteiger partial charge is 0.343 e. The lowest BCUT2D eigenvalue weighted by molar-refractivity contribution is -0.160. The van der Waals surface area contributed by atoms with E-state index in [4.69, 9.17) is 15.2 Å². The average Bonchev–Trinajstić information content (AvgIpc) is 2.62. The van der Waals surface area contributed by atoms with Crippen molar-refractivity contribution in [3.8, 4) is 0 Å². The maximum absolute atomic E-state index is 12.7. The van der Waals surface area contributed by atoms with Gasteiger partial charge in [-0.25, -0.2) is 4.39 Å². The zero-order chi connectivity index (χ0) is 10.9. The fourth-order valence-corrected chi connectivity index (χ4v) is 1.66. The van der Waals surface area contributed by atoms with Gasteiger partial charge in [-0.15, -0.1) is 0 Å². The van der Waals surface area contributed by atoms with E-state index in [1.165, 1.54) is 12.1 Å². The number of rotatable bonds is 2. The molecule has 0 radical (unpaired) electrons. The second kappa shape index (κ2) is 3.89. The highest BCUT2D eigenvalue weighted by Crippen LogP contribution is 2.33. The summed E-state index contributed by atoms with van der Waals surface area (Å²) in [5, 5.41) is 0. The molecule has 1 aromatic carbocycles. The molecule has 4 heteroatoms. The molecule has 0 bridgehead atoms. The third-order valence-corrected chi connectivity index (χ3v) is 2.57. The Morgan fingerprint density at radius 2 is 2.13 bits per heavy atom. The van der Waals surface area contributed by atoms with E-state index in [0.717, 1.165) is 5.56 Å². The van der Waals surface area contributed by atoms with Crippen LogP contribution in [-0.4, -0.2) is 19.3 Å². The fraction of sp³-hybridized carbons (Fsp3) is 0.455. The van der Waals surface area contributed by atoms with E-state index < -0.39 is 5.79 Å². The fourth-order valence-electron chi connectivity index (χ4n) is 1.66. The molecule has 2 atom stereocenters. The smallest absolute Gasteiger partial charge is 0.192 e. The first-order valence-electron chi connectivity index (χ1n) is 4.92. The third-order valence-electron chi connectivity index (χ3n) is 2.57. The molecule has 1 aliphatic rings. The van der Waals surface area contributed by atoms with Gasteiger partial charge in [-0.3, -0.25) is 0 Å². The molecule has 0 amide bonds. The molecule has 3 nitrogen and oxygen atoms in total. The molecular formula is C11H14FNO2. The summed E-state index contributed by atoms with van der Waals surface area (Å²) in [4.78, 5) is 0. The predicted molar refractivity (Wildman–Crippen MR) is 53.6 cm³/mol. The summed E-state index contributed by atoms with van der Waals surface area (Å²) >= 11 is 0. The monoisotopic (exact) mass is 211 g/mol. The number of benzene rings is 1. The Labute approximate surface area is 88.0 Å². The molecule has 0 saturated carbocycles. The Hall–Kier alpha value is -0.970. The van der Waals surface area contributed by atoms with Gasteiger partial charge in [0.25, 0.3) is 0 Å². The van der Waals surface area contributed by atoms with Gasteiger partial charge in [-0.05, 0) is 19.1 Å². The topological polar surface area (TPSA) is 44.5 Å². The summed E-state index contributed by atoms with van der Waals surface area (Å²) in [6.07, 6.45) is -0.0833. The number of hydrogen-bond donors (Lipinski definition) is 1. The lowest BCUT2D eigenvalue weighted by Gasteiger charge is -2.23. The summed E-state index contributed by atoms with van der Waals surface area (Å²) in [5.41, 5.74) is 6.30. The predicted octanol–water partition coefficient (Wildman–Crippen LogP) is 1.37. The van der Waals surface area contributed by atoms with E-state index in [2.05, 4.69) is 0 Å². The number of halogens is 1. The Bertz CT molecular complexity index is 341. The molecule has 0 aromatic heterocycles. The van der Waals surface area contributed by atoms with E-state index in [1.54, 1.807) is 12.1 Å². The molecule has 2 rings (SSSR count). The zero-order valence-electron chi connectivity index (χ0n) is 8.57. The van der Waals surface area contributed by atoms with Crippen LogP contribution >= 0.6 is 0 Å². The first-order valence-corrected chi connectivity index (χ1v) is 4.92. The van der Waals surface area contributed by atoms with Crippen LogP contribution in [0.3, 0.4) is 0 Å². The molecular weight excluding hydrogens is 197 g/mol. The van der Waals surface area contributed by atoms with Gasteiger partial charge in [0.15, 0.2) is 5.79 Å². The van der Waals surface area contributed by atoms with Crippen molar-refractivity contribution in [3.05, 3.63) is 35.6 Å². The summed E-state index contributed by atoms with van der Waals surface area (Å²) in [6.45, 7) is 2.72. The highest BCUT2D eigenvalue weighted by molar-refractivity contribution is 5.21. The van der Waals surface area contributed by atoms with Crippen molar-refractivity contribution >= 4 is 0 Å². The van der Waals surface area contributed by atoms with Crippen LogP contribution in [0.5, 0.6) is 0 Å². The second-order valence-electron chi connectivity index (χ2n) is 3.74. The molecule has 0 spiro atoms. The van der Waals surface area contributed by atoms with E-state index in [1.807, 2.05) is 6.92 Å². The highest BCUT2D eigenvalue weighted by atomic mass is 19.1. The molecule has 1 aliphatic heterocycles. The lowest BCUT2D eigenvalue weighted by atomic mass is 10.1. The second-order valence-corrected chi connectivity index (χ2v) is 3.74. The van der Waals surface area contributed by atoms with Gasteiger partial charge >= 0.3 is 0 Å². The van der Waals surface area contributed by atoms with Crippen molar-refractivity contribution < 1.29 is 13.9 Å². The van der Waals surface area contributed by atoms with Gasteiger partial charge in [-0.2, -0.15) is 0 Å². The van der Waals surface area contributed by atoms with E-state index in [9.17, 15) is 4.39 Å². The molecule has 82 valence electrons. The van der Waals surface area contributed by atoms with Gasteiger partial charge in [0, 0.05) is 12.1 Å². The summed E-state index contributed by atoms with van der Waals surface area (Å²) in [5.74, 6) is -1.06. The van der Waals surface area contributed by atoms with Crippen LogP contribution < -0.4 is 5.73 Å². The average molecular weight is 211 g/mol. The minimum atomic E-state index is -0.794. The highest BCUT2D eigenvalue weighted by Gasteiger charge is 2.38. The van der Waals surface area contributed by atoms with Gasteiger partial charge < -0.3 is 15.2 Å². The van der Waals surface area contributed by atoms with E-state index in [0.29, 0.717) is 13.2 Å². The maximum atomic E-state index is 12.7. The summed E-state index contributed by atoms with van der Waals surface area (Å²) in [6, 6.07) is 6.11. The van der Waals surface area contributed by atoms with Gasteiger partial charge in [0.05, 0.1) is 12.7 Å². The van der Waals surface area contributed by atoms with Crippen LogP contribution in [0, 0.1) is 5.82 Å². The number of ether oxygens (including phenoxy) is 2. The molecule has 2 unspecified atom stereocenters. The molecule has 1 aromatic rings.